The van der Waals surface area contributed by atoms with Gasteiger partial charge in [-0.25, -0.2) is 22.0 Å². The normalized spacial score (nSPS) is 9.79. The van der Waals surface area contributed by atoms with Crippen molar-refractivity contribution in [3.05, 3.63) is 39.5 Å². The number of benzene rings is 1. The third-order valence-electron chi connectivity index (χ3n) is 1.33. The van der Waals surface area contributed by atoms with Gasteiger partial charge in [-0.05, 0) is 5.53 Å². The number of rotatable bonds is 1. The predicted octanol–water partition coefficient (Wildman–Crippen LogP) is 3.32. The predicted molar refractivity (Wildman–Crippen MR) is 35.0 cm³/mol. The second-order valence-corrected chi connectivity index (χ2v) is 2.11. The summed E-state index contributed by atoms with van der Waals surface area (Å²) < 4.78 is 62.3. The molecule has 0 atom stereocenters. The van der Waals surface area contributed by atoms with Crippen LogP contribution >= 0.6 is 0 Å². The van der Waals surface area contributed by atoms with Crippen molar-refractivity contribution in [1.82, 2.24) is 0 Å². The molecule has 1 aromatic rings. The van der Waals surface area contributed by atoms with E-state index in [2.05, 4.69) is 5.11 Å². The van der Waals surface area contributed by atoms with Crippen molar-refractivity contribution in [2.75, 3.05) is 0 Å². The van der Waals surface area contributed by atoms with Gasteiger partial charge in [-0.1, -0.05) is 5.11 Å². The Bertz CT molecular complexity index is 409. The van der Waals surface area contributed by atoms with Crippen molar-refractivity contribution in [1.29, 1.82) is 0 Å². The van der Waals surface area contributed by atoms with Crippen LogP contribution in [0.2, 0.25) is 0 Å². The van der Waals surface area contributed by atoms with Crippen LogP contribution in [-0.4, -0.2) is 0 Å². The number of azide groups is 1. The zero-order valence-corrected chi connectivity index (χ0v) is 6.23. The fraction of sp³-hybridized carbons (Fsp3) is 0. The highest BCUT2D eigenvalue weighted by Crippen LogP contribution is 2.29. The Morgan fingerprint density at radius 2 is 1.14 bits per heavy atom. The Morgan fingerprint density at radius 1 is 0.786 bits per heavy atom. The molecule has 0 spiro atoms. The summed E-state index contributed by atoms with van der Waals surface area (Å²) in [7, 11) is 0. The summed E-state index contributed by atoms with van der Waals surface area (Å²) in [6.07, 6.45) is 0. The zero-order valence-electron chi connectivity index (χ0n) is 6.23. The van der Waals surface area contributed by atoms with E-state index in [0.717, 1.165) is 0 Å². The van der Waals surface area contributed by atoms with Gasteiger partial charge in [0, 0.05) is 4.91 Å². The number of hydrogen-bond donors (Lipinski definition) is 0. The quantitative estimate of drug-likeness (QED) is 0.168. The summed E-state index contributed by atoms with van der Waals surface area (Å²) in [6, 6.07) is 0. The third kappa shape index (κ3) is 1.35. The zero-order chi connectivity index (χ0) is 10.9. The number of nitrogens with zero attached hydrogens (tertiary/aromatic N) is 3. The van der Waals surface area contributed by atoms with Gasteiger partial charge in [0.05, 0.1) is 0 Å². The molecule has 0 bridgehead atoms. The lowest BCUT2D eigenvalue weighted by molar-refractivity contribution is 0.381. The smallest absolute Gasteiger partial charge is 0.200 e. The van der Waals surface area contributed by atoms with Crippen molar-refractivity contribution >= 4 is 5.69 Å². The molecule has 1 aromatic carbocycles. The average Bonchev–Trinajstić information content (AvgIpc) is 2.19. The van der Waals surface area contributed by atoms with Crippen molar-refractivity contribution in [2.45, 2.75) is 0 Å². The molecule has 0 unspecified atom stereocenters. The van der Waals surface area contributed by atoms with E-state index in [1.165, 1.54) is 0 Å². The summed E-state index contributed by atoms with van der Waals surface area (Å²) in [5.74, 6) is -10.9. The summed E-state index contributed by atoms with van der Waals surface area (Å²) >= 11 is 0. The minimum absolute atomic E-state index is 1.54. The molecular weight excluding hydrogens is 204 g/mol. The molecule has 0 radical (unpaired) electrons. The molecule has 8 heteroatoms. The van der Waals surface area contributed by atoms with Crippen LogP contribution in [0, 0.1) is 29.1 Å². The van der Waals surface area contributed by atoms with Gasteiger partial charge in [0.1, 0.15) is 5.69 Å². The monoisotopic (exact) mass is 204 g/mol. The molecule has 0 fully saturated rings. The minimum Gasteiger partial charge on any atom is -0.203 e. The lowest BCUT2D eigenvalue weighted by Gasteiger charge is -2.02. The Balaban J connectivity index is 3.67. The molecule has 3 nitrogen and oxygen atoms in total. The second-order valence-electron chi connectivity index (χ2n) is 2.11. The summed E-state index contributed by atoms with van der Waals surface area (Å²) in [4.78, 5) is 1.93. The van der Waals surface area contributed by atoms with Crippen molar-refractivity contribution in [2.24, 2.45) is 5.11 Å². The first kappa shape index (κ1) is 10.3. The Kier molecular flexibility index (Phi) is 2.57. The van der Waals surface area contributed by atoms with Crippen LogP contribution in [0.4, 0.5) is 27.6 Å². The van der Waals surface area contributed by atoms with E-state index >= 15 is 0 Å². The van der Waals surface area contributed by atoms with Crippen LogP contribution in [-0.2, 0) is 0 Å². The van der Waals surface area contributed by atoms with Crippen LogP contribution in [0.1, 0.15) is 0 Å². The first-order valence-corrected chi connectivity index (χ1v) is 3.07. The Hall–Kier alpha value is -1.82. The van der Waals surface area contributed by atoms with Crippen molar-refractivity contribution in [3.63, 3.8) is 0 Å². The van der Waals surface area contributed by atoms with E-state index < -0.39 is 34.8 Å². The first-order chi connectivity index (χ1) is 6.50. The molecule has 0 aliphatic rings. The fourth-order valence-corrected chi connectivity index (χ4v) is 0.726. The van der Waals surface area contributed by atoms with Crippen LogP contribution < -0.4 is 0 Å². The Labute approximate surface area is 73.4 Å². The van der Waals surface area contributed by atoms with Crippen LogP contribution in [0.5, 0.6) is 0 Å². The van der Waals surface area contributed by atoms with E-state index in [1.54, 1.807) is 0 Å². The summed E-state index contributed by atoms with van der Waals surface area (Å²) in [5.41, 5.74) is 6.27. The van der Waals surface area contributed by atoms with Crippen molar-refractivity contribution in [3.8, 4) is 0 Å². The van der Waals surface area contributed by atoms with Gasteiger partial charge in [-0.3, -0.25) is 0 Å². The molecule has 14 heavy (non-hydrogen) atoms. The van der Waals surface area contributed by atoms with Gasteiger partial charge < -0.3 is 0 Å². The highest BCUT2D eigenvalue weighted by molar-refractivity contribution is 5.41. The second kappa shape index (κ2) is 3.51. The maximum absolute atomic E-state index is 12.6. The maximum Gasteiger partial charge on any atom is 0.200 e. The Morgan fingerprint density at radius 3 is 1.50 bits per heavy atom. The molecule has 0 amide bonds. The lowest BCUT2D eigenvalue weighted by Crippen LogP contribution is -2.00. The summed E-state index contributed by atoms with van der Waals surface area (Å²) in [6.45, 7) is 0. The molecule has 0 heterocycles. The molecule has 0 aliphatic carbocycles. The van der Waals surface area contributed by atoms with Gasteiger partial charge in [-0.2, -0.15) is 0 Å². The highest BCUT2D eigenvalue weighted by atomic mass is 18.2. The lowest BCUT2D eigenvalue weighted by atomic mass is 10.2. The third-order valence-corrected chi connectivity index (χ3v) is 1.33. The van der Waals surface area contributed by atoms with Crippen LogP contribution in [0.3, 0.4) is 0 Å². The molecular formula is C6F5N3. The molecule has 74 valence electrons. The van der Waals surface area contributed by atoms with Gasteiger partial charge in [0.25, 0.3) is 0 Å². The van der Waals surface area contributed by atoms with E-state index in [4.69, 9.17) is 5.53 Å². The number of halogens is 5. The maximum atomic E-state index is 12.6. The summed E-state index contributed by atoms with van der Waals surface area (Å²) in [5, 5.41) is 2.35. The van der Waals surface area contributed by atoms with E-state index in [9.17, 15) is 22.0 Å². The van der Waals surface area contributed by atoms with E-state index in [1.807, 2.05) is 4.91 Å². The minimum atomic E-state index is -2.29. The highest BCUT2D eigenvalue weighted by Gasteiger charge is 2.24. The van der Waals surface area contributed by atoms with Crippen LogP contribution in [0.15, 0.2) is 5.11 Å². The largest absolute Gasteiger partial charge is 0.203 e. The van der Waals surface area contributed by atoms with Gasteiger partial charge in [-0.15, -0.1) is 0 Å². The van der Waals surface area contributed by atoms with Gasteiger partial charge in [0.15, 0.2) is 23.3 Å². The van der Waals surface area contributed by atoms with E-state index in [-0.39, 0.29) is 0 Å². The molecule has 0 aromatic heterocycles. The molecule has 0 aliphatic heterocycles. The SMILES string of the molecule is [N-]=[N+]=Nc1c([18F])c([18F])c([18F])c([18F])c1[18F]. The fourth-order valence-electron chi connectivity index (χ4n) is 0.726. The van der Waals surface area contributed by atoms with Crippen molar-refractivity contribution < 1.29 is 22.0 Å². The molecule has 0 saturated heterocycles. The average molecular weight is 204 g/mol. The van der Waals surface area contributed by atoms with Gasteiger partial charge >= 0.3 is 0 Å². The van der Waals surface area contributed by atoms with E-state index in [0.29, 0.717) is 0 Å². The topological polar surface area (TPSA) is 48.8 Å². The number of hydrogen-bond acceptors (Lipinski definition) is 1. The van der Waals surface area contributed by atoms with Gasteiger partial charge in [0.2, 0.25) is 5.82 Å². The van der Waals surface area contributed by atoms with Crippen LogP contribution in [0.25, 0.3) is 10.4 Å². The molecule has 0 N–H and O–H groups in total. The standard InChI is InChI=1S/C6F5N3/c7-1-2(8)4(10)6(13-14-12)5(11)3(1)9/i7-1,8-1,9-1,10-1,11-1. The molecule has 0 saturated carbocycles. The molecule has 1 rings (SSSR count). The first-order valence-electron chi connectivity index (χ1n) is 3.07.